The van der Waals surface area contributed by atoms with E-state index in [1.807, 2.05) is 25.1 Å². The Hall–Kier alpha value is -5.09. The average Bonchev–Trinajstić information content (AvgIpc) is 3.75. The summed E-state index contributed by atoms with van der Waals surface area (Å²) in [5.41, 5.74) is 2.90. The van der Waals surface area contributed by atoms with Crippen LogP contribution in [0.25, 0.3) is 0 Å². The van der Waals surface area contributed by atoms with Gasteiger partial charge in [0, 0.05) is 5.56 Å². The highest BCUT2D eigenvalue weighted by atomic mass is 32.2. The van der Waals surface area contributed by atoms with Crippen molar-refractivity contribution in [1.82, 2.24) is 0 Å². The number of Topliss-reactive ketones (excluding diaryl/α,β-unsaturated/α-hetero) is 1. The molecular weight excluding hydrogens is 618 g/mol. The first-order valence-corrected chi connectivity index (χ1v) is 16.9. The zero-order chi connectivity index (χ0) is 32.9. The molecule has 2 aliphatic carbocycles. The highest BCUT2D eigenvalue weighted by Crippen LogP contribution is 2.61. The van der Waals surface area contributed by atoms with Crippen LogP contribution in [0, 0.1) is 30.6 Å². The molecule has 4 aromatic rings. The van der Waals surface area contributed by atoms with Gasteiger partial charge in [-0.3, -0.25) is 19.3 Å². The molecule has 0 radical (unpaired) electrons. The Morgan fingerprint density at radius 1 is 0.766 bits per heavy atom. The monoisotopic (exact) mass is 649 g/mol. The molecule has 0 spiro atoms. The highest BCUT2D eigenvalue weighted by Gasteiger charge is 2.64. The molecule has 4 aromatic carbocycles. The van der Waals surface area contributed by atoms with Gasteiger partial charge >= 0.3 is 16.1 Å². The minimum absolute atomic E-state index is 0.00765. The molecular formula is C37H31NO8S. The summed E-state index contributed by atoms with van der Waals surface area (Å²) in [6, 6.07) is 27.9. The average molecular weight is 650 g/mol. The van der Waals surface area contributed by atoms with Gasteiger partial charge in [0.2, 0.25) is 11.8 Å². The quantitative estimate of drug-likeness (QED) is 0.0975. The lowest BCUT2D eigenvalue weighted by molar-refractivity contribution is -0.123. The summed E-state index contributed by atoms with van der Waals surface area (Å²) in [6.45, 7) is 1.30. The number of benzene rings is 4. The predicted molar refractivity (Wildman–Crippen MR) is 171 cm³/mol. The second kappa shape index (κ2) is 11.9. The second-order valence-corrected chi connectivity index (χ2v) is 13.9. The van der Waals surface area contributed by atoms with Crippen molar-refractivity contribution in [3.8, 4) is 5.75 Å². The molecule has 5 atom stereocenters. The molecule has 0 aromatic heterocycles. The minimum Gasteiger partial charge on any atom is -0.454 e. The molecule has 3 fully saturated rings. The molecule has 10 heteroatoms. The van der Waals surface area contributed by atoms with Gasteiger partial charge in [0.1, 0.15) is 10.6 Å². The van der Waals surface area contributed by atoms with E-state index in [0.717, 1.165) is 18.4 Å². The fraction of sp³-hybridized carbons (Fsp3) is 0.243. The van der Waals surface area contributed by atoms with Crippen LogP contribution in [0.5, 0.6) is 5.75 Å². The molecule has 47 heavy (non-hydrogen) atoms. The molecule has 0 N–H and O–H groups in total. The number of hydrogen-bond acceptors (Lipinski definition) is 8. The Morgan fingerprint density at radius 2 is 1.40 bits per heavy atom. The Morgan fingerprint density at radius 3 is 2.09 bits per heavy atom. The Balaban J connectivity index is 0.954. The van der Waals surface area contributed by atoms with Crippen LogP contribution in [0.15, 0.2) is 108 Å². The van der Waals surface area contributed by atoms with E-state index in [9.17, 15) is 27.6 Å². The first-order chi connectivity index (χ1) is 22.6. The summed E-state index contributed by atoms with van der Waals surface area (Å²) in [5.74, 6) is -1.62. The topological polar surface area (TPSA) is 124 Å². The van der Waals surface area contributed by atoms with Crippen LogP contribution in [0.1, 0.15) is 50.6 Å². The summed E-state index contributed by atoms with van der Waals surface area (Å²) in [7, 11) is -4.04. The van der Waals surface area contributed by atoms with Gasteiger partial charge in [-0.25, -0.2) is 4.79 Å². The van der Waals surface area contributed by atoms with Gasteiger partial charge in [-0.05, 0) is 104 Å². The van der Waals surface area contributed by atoms with Gasteiger partial charge < -0.3 is 8.92 Å². The number of esters is 1. The summed E-state index contributed by atoms with van der Waals surface area (Å²) in [6.07, 6.45) is 1.79. The zero-order valence-corrected chi connectivity index (χ0v) is 26.3. The number of carbonyl (C=O) groups excluding carboxylic acids is 4. The second-order valence-electron chi connectivity index (χ2n) is 12.4. The van der Waals surface area contributed by atoms with Crippen LogP contribution in [-0.2, 0) is 24.4 Å². The number of rotatable bonds is 9. The number of nitrogens with zero attached hydrogens (tertiary/aromatic N) is 1. The lowest BCUT2D eigenvalue weighted by Gasteiger charge is -2.28. The van der Waals surface area contributed by atoms with Crippen molar-refractivity contribution in [2.75, 3.05) is 11.5 Å². The maximum Gasteiger partial charge on any atom is 0.339 e. The van der Waals surface area contributed by atoms with Crippen molar-refractivity contribution in [2.45, 2.75) is 30.6 Å². The van der Waals surface area contributed by atoms with Crippen molar-refractivity contribution in [3.05, 3.63) is 125 Å². The molecule has 1 saturated heterocycles. The fourth-order valence-electron chi connectivity index (χ4n) is 7.42. The van der Waals surface area contributed by atoms with E-state index in [0.29, 0.717) is 5.69 Å². The van der Waals surface area contributed by atoms with Crippen LogP contribution in [0.4, 0.5) is 5.69 Å². The van der Waals surface area contributed by atoms with Crippen molar-refractivity contribution >= 4 is 39.4 Å². The summed E-state index contributed by atoms with van der Waals surface area (Å²) >= 11 is 0. The summed E-state index contributed by atoms with van der Waals surface area (Å²) in [5, 5.41) is 0. The number of aryl methyl sites for hydroxylation is 1. The molecule has 2 saturated carbocycles. The van der Waals surface area contributed by atoms with E-state index in [4.69, 9.17) is 8.92 Å². The number of carbonyl (C=O) groups is 4. The van der Waals surface area contributed by atoms with E-state index in [2.05, 4.69) is 12.1 Å². The summed E-state index contributed by atoms with van der Waals surface area (Å²) in [4.78, 5) is 53.7. The molecule has 2 amide bonds. The molecule has 5 unspecified atom stereocenters. The minimum atomic E-state index is -4.04. The lowest BCUT2D eigenvalue weighted by atomic mass is 9.73. The van der Waals surface area contributed by atoms with Gasteiger partial charge in [-0.15, -0.1) is 0 Å². The molecule has 1 heterocycles. The maximum atomic E-state index is 13.6. The van der Waals surface area contributed by atoms with Crippen molar-refractivity contribution in [1.29, 1.82) is 0 Å². The van der Waals surface area contributed by atoms with Gasteiger partial charge in [0.05, 0.1) is 23.1 Å². The fourth-order valence-corrected chi connectivity index (χ4v) is 8.35. The van der Waals surface area contributed by atoms with E-state index >= 15 is 0 Å². The highest BCUT2D eigenvalue weighted by molar-refractivity contribution is 7.87. The Bertz CT molecular complexity index is 1970. The first-order valence-electron chi connectivity index (χ1n) is 15.4. The summed E-state index contributed by atoms with van der Waals surface area (Å²) < 4.78 is 35.4. The Labute approximate surface area is 272 Å². The van der Waals surface area contributed by atoms with Crippen molar-refractivity contribution < 1.29 is 36.5 Å². The van der Waals surface area contributed by atoms with Crippen molar-refractivity contribution in [2.24, 2.45) is 23.7 Å². The standard InChI is InChI=1S/C37H31NO8S/c1-22-7-17-29(18-8-22)47(43,44)46-28-15-11-24(12-16-28)32(39)21-45-37(42)25-9-13-27(14-10-25)38-35(40)33-26-19-30(23-5-3-2-4-6-23)31(20-26)34(33)36(38)41/h2-18,26,30-31,33-34H,19-21H2,1H3. The van der Waals surface area contributed by atoms with Crippen LogP contribution in [-0.4, -0.2) is 38.6 Å². The van der Waals surface area contributed by atoms with Crippen molar-refractivity contribution in [3.63, 3.8) is 0 Å². The Kier molecular flexibility index (Phi) is 7.76. The molecule has 3 aliphatic rings. The zero-order valence-electron chi connectivity index (χ0n) is 25.4. The molecule has 1 aliphatic heterocycles. The number of ether oxygens (including phenoxy) is 1. The van der Waals surface area contributed by atoms with E-state index < -0.39 is 28.5 Å². The van der Waals surface area contributed by atoms with Crippen LogP contribution in [0.3, 0.4) is 0 Å². The number of hydrogen-bond donors (Lipinski definition) is 0. The van der Waals surface area contributed by atoms with Crippen LogP contribution >= 0.6 is 0 Å². The lowest BCUT2D eigenvalue weighted by Crippen LogP contribution is -2.33. The smallest absolute Gasteiger partial charge is 0.339 e. The maximum absolute atomic E-state index is 13.6. The number of fused-ring (bicyclic) bond motifs is 5. The molecule has 7 rings (SSSR count). The number of amides is 2. The van der Waals surface area contributed by atoms with Gasteiger partial charge in [0.25, 0.3) is 0 Å². The molecule has 238 valence electrons. The van der Waals surface area contributed by atoms with E-state index in [-0.39, 0.29) is 63.2 Å². The number of ketones is 1. The normalized spacial score (nSPS) is 23.1. The van der Waals surface area contributed by atoms with Crippen LogP contribution in [0.2, 0.25) is 0 Å². The number of anilines is 1. The van der Waals surface area contributed by atoms with E-state index in [1.54, 1.807) is 24.3 Å². The molecule has 9 nitrogen and oxygen atoms in total. The van der Waals surface area contributed by atoms with Crippen LogP contribution < -0.4 is 9.08 Å². The van der Waals surface area contributed by atoms with E-state index in [1.165, 1.54) is 59.0 Å². The number of imide groups is 1. The third-order valence-corrected chi connectivity index (χ3v) is 10.9. The largest absolute Gasteiger partial charge is 0.454 e. The molecule has 2 bridgehead atoms. The third kappa shape index (κ3) is 5.63. The first kappa shape index (κ1) is 30.6. The SMILES string of the molecule is Cc1ccc(S(=O)(=O)Oc2ccc(C(=O)COC(=O)c3ccc(N4C(=O)C5C6CC(c7ccccc7)C(C6)C5C4=O)cc3)cc2)cc1. The van der Waals surface area contributed by atoms with Gasteiger partial charge in [0.15, 0.2) is 12.4 Å². The third-order valence-electron chi connectivity index (χ3n) is 9.63. The predicted octanol–water partition coefficient (Wildman–Crippen LogP) is 5.73. The van der Waals surface area contributed by atoms with Gasteiger partial charge in [-0.2, -0.15) is 8.42 Å². The van der Waals surface area contributed by atoms with Gasteiger partial charge in [-0.1, -0.05) is 48.0 Å².